The third-order valence-corrected chi connectivity index (χ3v) is 3.48. The molecular weight excluding hydrogens is 232 g/mol. The lowest BCUT2D eigenvalue weighted by Crippen LogP contribution is -1.94. The van der Waals surface area contributed by atoms with Crippen LogP contribution < -0.4 is 4.74 Å². The summed E-state index contributed by atoms with van der Waals surface area (Å²) in [6, 6.07) is 6.22. The molecule has 0 saturated heterocycles. The van der Waals surface area contributed by atoms with Crippen molar-refractivity contribution in [3.63, 3.8) is 0 Å². The lowest BCUT2D eigenvalue weighted by Gasteiger charge is -2.10. The topological polar surface area (TPSA) is 37.9 Å². The van der Waals surface area contributed by atoms with Gasteiger partial charge in [-0.3, -0.25) is 0 Å². The zero-order valence-electron chi connectivity index (χ0n) is 9.49. The van der Waals surface area contributed by atoms with Crippen LogP contribution in [0.1, 0.15) is 11.1 Å². The van der Waals surface area contributed by atoms with E-state index in [-0.39, 0.29) is 0 Å². The fourth-order valence-electron chi connectivity index (χ4n) is 2.16. The molecule has 86 valence electrons. The highest BCUT2D eigenvalue weighted by molar-refractivity contribution is 7.71. The number of hydrogen-bond donors (Lipinski definition) is 1. The normalized spacial score (nSPS) is 13.2. The molecule has 0 unspecified atom stereocenters. The van der Waals surface area contributed by atoms with Gasteiger partial charge in [0.25, 0.3) is 0 Å². The van der Waals surface area contributed by atoms with Crippen LogP contribution >= 0.6 is 12.2 Å². The Labute approximate surface area is 104 Å². The SMILES string of the molecule is Cc1c(-c2cccc3c2OCC3)[nH]cnc1=S. The van der Waals surface area contributed by atoms with Crippen LogP contribution in [-0.2, 0) is 6.42 Å². The van der Waals surface area contributed by atoms with Crippen LogP contribution in [0.15, 0.2) is 24.5 Å². The van der Waals surface area contributed by atoms with Crippen molar-refractivity contribution < 1.29 is 4.74 Å². The number of nitrogens with one attached hydrogen (secondary N) is 1. The standard InChI is InChI=1S/C13H12N2OS/c1-8-11(14-7-15-13(8)17)10-4-2-3-9-5-6-16-12(9)10/h2-4,7H,5-6H2,1H3,(H,14,15,17). The first-order valence-electron chi connectivity index (χ1n) is 5.56. The van der Waals surface area contributed by atoms with Gasteiger partial charge in [-0.2, -0.15) is 0 Å². The molecule has 0 aliphatic carbocycles. The number of hydrogen-bond acceptors (Lipinski definition) is 3. The molecule has 1 aliphatic heterocycles. The average molecular weight is 244 g/mol. The fraction of sp³-hybridized carbons (Fsp3) is 0.231. The molecule has 3 nitrogen and oxygen atoms in total. The molecule has 2 heterocycles. The Morgan fingerprint density at radius 1 is 1.41 bits per heavy atom. The van der Waals surface area contributed by atoms with E-state index in [4.69, 9.17) is 17.0 Å². The lowest BCUT2D eigenvalue weighted by atomic mass is 10.0. The third-order valence-electron chi connectivity index (χ3n) is 3.07. The van der Waals surface area contributed by atoms with Gasteiger partial charge in [-0.05, 0) is 18.6 Å². The minimum absolute atomic E-state index is 0.634. The molecule has 0 amide bonds. The minimum atomic E-state index is 0.634. The zero-order chi connectivity index (χ0) is 11.8. The Hall–Kier alpha value is -1.68. The smallest absolute Gasteiger partial charge is 0.132 e. The molecule has 2 aromatic rings. The van der Waals surface area contributed by atoms with Gasteiger partial charge >= 0.3 is 0 Å². The van der Waals surface area contributed by atoms with Crippen LogP contribution in [0.4, 0.5) is 0 Å². The molecule has 1 aromatic carbocycles. The summed E-state index contributed by atoms with van der Waals surface area (Å²) in [5.41, 5.74) is 4.33. The van der Waals surface area contributed by atoms with Gasteiger partial charge in [0, 0.05) is 17.5 Å². The van der Waals surface area contributed by atoms with E-state index >= 15 is 0 Å². The number of ether oxygens (including phenoxy) is 1. The van der Waals surface area contributed by atoms with Gasteiger partial charge in [0.15, 0.2) is 0 Å². The van der Waals surface area contributed by atoms with E-state index in [1.54, 1.807) is 6.33 Å². The Morgan fingerprint density at radius 3 is 3.18 bits per heavy atom. The zero-order valence-corrected chi connectivity index (χ0v) is 10.3. The molecule has 0 radical (unpaired) electrons. The van der Waals surface area contributed by atoms with E-state index in [0.29, 0.717) is 4.64 Å². The van der Waals surface area contributed by atoms with Crippen molar-refractivity contribution in [3.8, 4) is 17.0 Å². The van der Waals surface area contributed by atoms with Crippen molar-refractivity contribution in [2.24, 2.45) is 0 Å². The molecule has 0 spiro atoms. The summed E-state index contributed by atoms with van der Waals surface area (Å²) in [6.45, 7) is 2.74. The van der Waals surface area contributed by atoms with E-state index in [9.17, 15) is 0 Å². The summed E-state index contributed by atoms with van der Waals surface area (Å²) in [5.74, 6) is 0.979. The van der Waals surface area contributed by atoms with Crippen LogP contribution in [0.25, 0.3) is 11.3 Å². The Balaban J connectivity index is 2.26. The maximum atomic E-state index is 5.70. The summed E-state index contributed by atoms with van der Waals surface area (Å²) in [4.78, 5) is 7.24. The highest BCUT2D eigenvalue weighted by Crippen LogP contribution is 2.36. The number of aromatic amines is 1. The molecule has 1 aliphatic rings. The molecule has 1 aromatic heterocycles. The second-order valence-electron chi connectivity index (χ2n) is 4.10. The Morgan fingerprint density at radius 2 is 2.29 bits per heavy atom. The van der Waals surface area contributed by atoms with Gasteiger partial charge < -0.3 is 9.72 Å². The number of rotatable bonds is 1. The van der Waals surface area contributed by atoms with Gasteiger partial charge in [0.1, 0.15) is 10.4 Å². The van der Waals surface area contributed by atoms with Gasteiger partial charge in [-0.1, -0.05) is 24.4 Å². The molecule has 0 atom stereocenters. The second kappa shape index (κ2) is 3.96. The average Bonchev–Trinajstić information content (AvgIpc) is 2.81. The summed E-state index contributed by atoms with van der Waals surface area (Å²) >= 11 is 5.20. The van der Waals surface area contributed by atoms with E-state index < -0.39 is 0 Å². The van der Waals surface area contributed by atoms with Gasteiger partial charge in [-0.15, -0.1) is 0 Å². The predicted octanol–water partition coefficient (Wildman–Crippen LogP) is 3.05. The quantitative estimate of drug-likeness (QED) is 0.783. The minimum Gasteiger partial charge on any atom is -0.492 e. The molecular formula is C13H12N2OS. The predicted molar refractivity (Wildman–Crippen MR) is 68.8 cm³/mol. The molecule has 1 N–H and O–H groups in total. The monoisotopic (exact) mass is 244 g/mol. The van der Waals surface area contributed by atoms with E-state index in [2.05, 4.69) is 28.2 Å². The van der Waals surface area contributed by atoms with E-state index in [1.165, 1.54) is 5.56 Å². The van der Waals surface area contributed by atoms with Crippen molar-refractivity contribution in [1.82, 2.24) is 9.97 Å². The Bertz CT molecular complexity index is 634. The molecule has 0 fully saturated rings. The maximum Gasteiger partial charge on any atom is 0.132 e. The van der Waals surface area contributed by atoms with Crippen LogP contribution in [0.2, 0.25) is 0 Å². The highest BCUT2D eigenvalue weighted by atomic mass is 32.1. The second-order valence-corrected chi connectivity index (χ2v) is 4.49. The lowest BCUT2D eigenvalue weighted by molar-refractivity contribution is 0.358. The summed E-state index contributed by atoms with van der Waals surface area (Å²) in [6.07, 6.45) is 2.62. The van der Waals surface area contributed by atoms with Crippen molar-refractivity contribution in [2.75, 3.05) is 6.61 Å². The first-order valence-corrected chi connectivity index (χ1v) is 5.97. The van der Waals surface area contributed by atoms with E-state index in [0.717, 1.165) is 35.6 Å². The first-order chi connectivity index (χ1) is 8.27. The van der Waals surface area contributed by atoms with Gasteiger partial charge in [0.2, 0.25) is 0 Å². The largest absolute Gasteiger partial charge is 0.492 e. The van der Waals surface area contributed by atoms with Crippen LogP contribution in [0.5, 0.6) is 5.75 Å². The number of H-pyrrole nitrogens is 1. The first kappa shape index (κ1) is 10.5. The van der Waals surface area contributed by atoms with Crippen molar-refractivity contribution in [2.45, 2.75) is 13.3 Å². The number of fused-ring (bicyclic) bond motifs is 1. The molecule has 3 rings (SSSR count). The molecule has 17 heavy (non-hydrogen) atoms. The van der Waals surface area contributed by atoms with Crippen molar-refractivity contribution in [1.29, 1.82) is 0 Å². The Kier molecular flexibility index (Phi) is 2.44. The number of nitrogens with zero attached hydrogens (tertiary/aromatic N) is 1. The van der Waals surface area contributed by atoms with Crippen molar-refractivity contribution >= 4 is 12.2 Å². The van der Waals surface area contributed by atoms with Gasteiger partial charge in [-0.25, -0.2) is 4.98 Å². The molecule has 0 saturated carbocycles. The van der Waals surface area contributed by atoms with Crippen LogP contribution in [0, 0.1) is 11.6 Å². The summed E-state index contributed by atoms with van der Waals surface area (Å²) < 4.78 is 6.34. The van der Waals surface area contributed by atoms with Crippen LogP contribution in [0.3, 0.4) is 0 Å². The van der Waals surface area contributed by atoms with Gasteiger partial charge in [0.05, 0.1) is 18.6 Å². The van der Waals surface area contributed by atoms with Crippen molar-refractivity contribution in [3.05, 3.63) is 40.3 Å². The number of aromatic nitrogens is 2. The maximum absolute atomic E-state index is 5.70. The third kappa shape index (κ3) is 1.65. The number of para-hydroxylation sites is 1. The molecule has 4 heteroatoms. The highest BCUT2D eigenvalue weighted by Gasteiger charge is 2.18. The van der Waals surface area contributed by atoms with E-state index in [1.807, 2.05) is 6.92 Å². The number of benzene rings is 1. The van der Waals surface area contributed by atoms with Crippen LogP contribution in [-0.4, -0.2) is 16.6 Å². The fourth-order valence-corrected chi connectivity index (χ4v) is 2.31. The summed E-state index contributed by atoms with van der Waals surface area (Å²) in [7, 11) is 0. The summed E-state index contributed by atoms with van der Waals surface area (Å²) in [5, 5.41) is 0. The molecule has 0 bridgehead atoms.